The Kier molecular flexibility index (Phi) is 16.6. The van der Waals surface area contributed by atoms with Crippen LogP contribution in [-0.4, -0.2) is 19.9 Å². The van der Waals surface area contributed by atoms with E-state index in [2.05, 4.69) is 428 Å². The van der Waals surface area contributed by atoms with Crippen LogP contribution in [0.15, 0.2) is 400 Å². The topological polar surface area (TPSA) is 51.6 Å². The van der Waals surface area contributed by atoms with Crippen molar-refractivity contribution in [2.75, 3.05) is 0 Å². The summed E-state index contributed by atoms with van der Waals surface area (Å²) in [6, 6.07) is 146. The van der Waals surface area contributed by atoms with Crippen molar-refractivity contribution in [3.05, 3.63) is 423 Å². The Morgan fingerprint density at radius 2 is 0.449 bits per heavy atom. The van der Waals surface area contributed by atoms with Crippen molar-refractivity contribution in [1.29, 1.82) is 0 Å². The van der Waals surface area contributed by atoms with Gasteiger partial charge in [-0.1, -0.05) is 349 Å². The zero-order valence-corrected chi connectivity index (χ0v) is 65.9. The lowest BCUT2D eigenvalue weighted by Crippen LogP contribution is -2.15. The fourth-order valence-corrected chi connectivity index (χ4v) is 18.9. The summed E-state index contributed by atoms with van der Waals surface area (Å²) in [5.74, 6) is 1.30. The number of fused-ring (bicyclic) bond motifs is 10. The molecule has 0 fully saturated rings. The summed E-state index contributed by atoms with van der Waals surface area (Å²) in [5, 5.41) is 9.66. The summed E-state index contributed by atoms with van der Waals surface area (Å²) >= 11 is 0. The lowest BCUT2D eigenvalue weighted by molar-refractivity contribution is 0.661. The van der Waals surface area contributed by atoms with Crippen LogP contribution in [-0.2, 0) is 10.8 Å². The minimum absolute atomic E-state index is 0.175. The van der Waals surface area contributed by atoms with Gasteiger partial charge < -0.3 is 0 Å². The normalized spacial score (nSPS) is 12.9. The highest BCUT2D eigenvalue weighted by atomic mass is 14.9. The van der Waals surface area contributed by atoms with E-state index in [1.54, 1.807) is 0 Å². The van der Waals surface area contributed by atoms with Crippen molar-refractivity contribution in [1.82, 2.24) is 19.9 Å². The summed E-state index contributed by atoms with van der Waals surface area (Å²) in [6.07, 6.45) is 0. The van der Waals surface area contributed by atoms with Crippen molar-refractivity contribution < 1.29 is 0 Å². The minimum Gasteiger partial charge on any atom is -0.228 e. The Morgan fingerprint density at radius 3 is 0.941 bits per heavy atom. The molecule has 0 saturated carbocycles. The zero-order valence-electron chi connectivity index (χ0n) is 65.9. The predicted molar refractivity (Wildman–Crippen MR) is 493 cm³/mol. The van der Waals surface area contributed by atoms with Crippen molar-refractivity contribution in [2.24, 2.45) is 0 Å². The molecule has 4 heteroatoms. The Hall–Kier alpha value is -14.8. The van der Waals surface area contributed by atoms with Gasteiger partial charge in [-0.05, 0) is 244 Å². The van der Waals surface area contributed by atoms with E-state index in [1.807, 2.05) is 0 Å². The van der Waals surface area contributed by atoms with E-state index in [9.17, 15) is 0 Å². The number of nitrogens with zero attached hydrogens (tertiary/aromatic N) is 4. The molecule has 0 atom stereocenters. The highest BCUT2D eigenvalue weighted by molar-refractivity contribution is 6.08. The zero-order chi connectivity index (χ0) is 78.7. The number of hydrogen-bond donors (Lipinski definition) is 0. The fourth-order valence-electron chi connectivity index (χ4n) is 18.9. The molecule has 554 valence electrons. The van der Waals surface area contributed by atoms with Crippen LogP contribution in [0.3, 0.4) is 0 Å². The second kappa shape index (κ2) is 28.0. The summed E-state index contributed by atoms with van der Waals surface area (Å²) < 4.78 is 0. The first-order valence-electron chi connectivity index (χ1n) is 40.9. The van der Waals surface area contributed by atoms with E-state index in [0.29, 0.717) is 11.6 Å². The average molecular weight is 1500 g/mol. The molecule has 4 nitrogen and oxygen atoms in total. The van der Waals surface area contributed by atoms with Gasteiger partial charge in [0.1, 0.15) is 0 Å². The van der Waals surface area contributed by atoms with Gasteiger partial charge in [0.2, 0.25) is 0 Å². The molecule has 0 amide bonds. The maximum absolute atomic E-state index is 5.62. The molecule has 2 aromatic heterocycles. The third-order valence-corrected chi connectivity index (χ3v) is 25.1. The van der Waals surface area contributed by atoms with Gasteiger partial charge in [0.15, 0.2) is 11.6 Å². The Bertz CT molecular complexity index is 7390. The van der Waals surface area contributed by atoms with Crippen LogP contribution < -0.4 is 0 Å². The summed E-state index contributed by atoms with van der Waals surface area (Å²) in [6.45, 7) is 9.51. The van der Waals surface area contributed by atoms with Crippen LogP contribution >= 0.6 is 0 Å². The number of benzene rings is 18. The second-order valence-electron chi connectivity index (χ2n) is 32.8. The first-order chi connectivity index (χ1) is 57.9. The molecule has 118 heavy (non-hydrogen) atoms. The lowest BCUT2D eigenvalue weighted by Gasteiger charge is -2.22. The van der Waals surface area contributed by atoms with Gasteiger partial charge in [-0.2, -0.15) is 0 Å². The molecule has 0 spiro atoms. The van der Waals surface area contributed by atoms with Crippen LogP contribution in [0, 0.1) is 0 Å². The number of rotatable bonds is 13. The molecule has 20 aromatic rings. The molecule has 0 N–H and O–H groups in total. The average Bonchev–Trinajstić information content (AvgIpc) is 1.53. The first kappa shape index (κ1) is 69.8. The molecule has 0 unspecified atom stereocenters. The third kappa shape index (κ3) is 12.1. The molecule has 22 rings (SSSR count). The highest BCUT2D eigenvalue weighted by Crippen LogP contribution is 2.54. The van der Waals surface area contributed by atoms with E-state index in [0.717, 1.165) is 128 Å². The Morgan fingerprint density at radius 1 is 0.153 bits per heavy atom. The number of hydrogen-bond acceptors (Lipinski definition) is 4. The molecule has 2 aliphatic carbocycles. The van der Waals surface area contributed by atoms with Gasteiger partial charge in [0.05, 0.1) is 22.8 Å². The molecule has 0 bridgehead atoms. The van der Waals surface area contributed by atoms with E-state index < -0.39 is 0 Å². The van der Waals surface area contributed by atoms with Gasteiger partial charge in [0.25, 0.3) is 0 Å². The van der Waals surface area contributed by atoms with Crippen molar-refractivity contribution >= 4 is 43.1 Å². The van der Waals surface area contributed by atoms with Crippen molar-refractivity contribution in [2.45, 2.75) is 38.5 Å². The first-order valence-corrected chi connectivity index (χ1v) is 40.9. The van der Waals surface area contributed by atoms with E-state index in [-0.39, 0.29) is 10.8 Å². The molecule has 0 radical (unpaired) electrons. The maximum Gasteiger partial charge on any atom is 0.160 e. The molecule has 2 aliphatic rings. The van der Waals surface area contributed by atoms with E-state index in [4.69, 9.17) is 19.9 Å². The predicted octanol–water partition coefficient (Wildman–Crippen LogP) is 30.2. The molecular formula is C114H78N4. The second-order valence-corrected chi connectivity index (χ2v) is 32.8. The third-order valence-electron chi connectivity index (χ3n) is 25.1. The molecular weight excluding hydrogens is 1430 g/mol. The van der Waals surface area contributed by atoms with Gasteiger partial charge in [-0.25, -0.2) is 19.9 Å². The quantitative estimate of drug-likeness (QED) is 0.115. The molecule has 0 aliphatic heterocycles. The van der Waals surface area contributed by atoms with Crippen LogP contribution in [0.5, 0.6) is 0 Å². The fraction of sp³-hybridized carbons (Fsp3) is 0.0526. The van der Waals surface area contributed by atoms with Crippen LogP contribution in [0.1, 0.15) is 49.9 Å². The minimum atomic E-state index is -0.182. The van der Waals surface area contributed by atoms with Crippen molar-refractivity contribution in [3.63, 3.8) is 0 Å². The smallest absolute Gasteiger partial charge is 0.160 e. The largest absolute Gasteiger partial charge is 0.228 e. The van der Waals surface area contributed by atoms with E-state index >= 15 is 0 Å². The maximum atomic E-state index is 5.62. The van der Waals surface area contributed by atoms with Gasteiger partial charge in [-0.15, -0.1) is 0 Å². The highest BCUT2D eigenvalue weighted by Gasteiger charge is 2.38. The Balaban J connectivity index is 0.634. The number of aromatic nitrogens is 4. The van der Waals surface area contributed by atoms with Gasteiger partial charge in [0, 0.05) is 44.2 Å². The summed E-state index contributed by atoms with van der Waals surface area (Å²) in [4.78, 5) is 22.3. The summed E-state index contributed by atoms with van der Waals surface area (Å²) in [5.41, 5.74) is 35.4. The lowest BCUT2D eigenvalue weighted by atomic mass is 9.81. The van der Waals surface area contributed by atoms with Crippen LogP contribution in [0.2, 0.25) is 0 Å². The van der Waals surface area contributed by atoms with Crippen LogP contribution in [0.4, 0.5) is 0 Å². The monoisotopic (exact) mass is 1500 g/mol. The molecule has 0 saturated heterocycles. The summed E-state index contributed by atoms with van der Waals surface area (Å²) in [7, 11) is 0. The molecule has 18 aromatic carbocycles. The standard InChI is InChI=1S/C114H78N4/c1-113(2)103-67-84(49-52-96(103)100-62-79-34-17-19-36-81(79)65-105(100)113)90-54-56-98(94-42-23-21-40-92(90)94)108-69-107(88-60-86(71-26-9-5-10-27-71)59-87(61-88)72-28-11-6-12-29-72)115-112(116-108)76-46-44-73(45-47-76)77-38-25-39-78(58-77)83-48-51-89(74-30-13-7-14-31-74)102(64-83)110-70-109(117-111(118-110)75-32-15-8-16-33-75)99-57-55-91(93-41-22-24-43-95(93)99)85-50-53-97-101-63-80-35-18-20-37-82(80)66-106(101)114(3,4)104(97)68-85/h5-70H,1-4H3. The van der Waals surface area contributed by atoms with Gasteiger partial charge in [-0.3, -0.25) is 0 Å². The van der Waals surface area contributed by atoms with Gasteiger partial charge >= 0.3 is 0 Å². The van der Waals surface area contributed by atoms with Crippen molar-refractivity contribution in [3.8, 4) is 168 Å². The van der Waals surface area contributed by atoms with Crippen LogP contribution in [0.25, 0.3) is 211 Å². The Labute approximate surface area is 687 Å². The molecule has 2 heterocycles. The SMILES string of the molecule is CC1(C)c2cc(-c3ccc(-c4cc(-c5cc(-c6ccccc6)cc(-c6ccccc6)c5)nc(-c5ccc(-c6cccc(-c7ccc(-c8ccccc8)c(-c8cc(-c9ccc(-c%10ccc%11c(c%10)C(C)(C)c%10cc%12ccccc%12cc%10-%11)c%10ccccc9%10)nc(-c9ccccc9)n8)c7)c6)cc5)n4)c4ccccc34)ccc2-c2cc3ccccc3cc21. The van der Waals surface area contributed by atoms with E-state index in [1.165, 1.54) is 93.7 Å².